The Morgan fingerprint density at radius 2 is 2.19 bits per heavy atom. The second-order valence-corrected chi connectivity index (χ2v) is 5.13. The SMILES string of the molecule is NC(=O)COc1cccc(NC(=O)C2CCCCCN2)c1. The summed E-state index contributed by atoms with van der Waals surface area (Å²) in [6, 6.07) is 6.78. The highest BCUT2D eigenvalue weighted by Crippen LogP contribution is 2.18. The summed E-state index contributed by atoms with van der Waals surface area (Å²) in [7, 11) is 0. The lowest BCUT2D eigenvalue weighted by atomic mass is 10.1. The summed E-state index contributed by atoms with van der Waals surface area (Å²) in [5, 5.41) is 6.12. The van der Waals surface area contributed by atoms with Crippen molar-refractivity contribution in [2.24, 2.45) is 5.73 Å². The molecule has 0 spiro atoms. The first-order valence-corrected chi connectivity index (χ1v) is 7.20. The van der Waals surface area contributed by atoms with Crippen LogP contribution in [0.2, 0.25) is 0 Å². The molecule has 0 bridgehead atoms. The molecular formula is C15H21N3O3. The topological polar surface area (TPSA) is 93.5 Å². The largest absolute Gasteiger partial charge is 0.484 e. The van der Waals surface area contributed by atoms with Gasteiger partial charge in [-0.1, -0.05) is 18.9 Å². The van der Waals surface area contributed by atoms with E-state index in [0.29, 0.717) is 11.4 Å². The van der Waals surface area contributed by atoms with Gasteiger partial charge in [-0.25, -0.2) is 0 Å². The third-order valence-corrected chi connectivity index (χ3v) is 3.36. The first kappa shape index (κ1) is 15.3. The molecule has 1 heterocycles. The summed E-state index contributed by atoms with van der Waals surface area (Å²) in [6.07, 6.45) is 4.18. The van der Waals surface area contributed by atoms with E-state index < -0.39 is 5.91 Å². The summed E-state index contributed by atoms with van der Waals surface area (Å²) >= 11 is 0. The minimum atomic E-state index is -0.535. The number of nitrogens with one attached hydrogen (secondary N) is 2. The van der Waals surface area contributed by atoms with Crippen LogP contribution >= 0.6 is 0 Å². The molecule has 1 aliphatic heterocycles. The third kappa shape index (κ3) is 5.07. The minimum absolute atomic E-state index is 0.0380. The fraction of sp³-hybridized carbons (Fsp3) is 0.467. The van der Waals surface area contributed by atoms with Gasteiger partial charge in [0.25, 0.3) is 5.91 Å². The number of benzene rings is 1. The Bertz CT molecular complexity index is 497. The Morgan fingerprint density at radius 3 is 3.00 bits per heavy atom. The zero-order valence-electron chi connectivity index (χ0n) is 11.9. The van der Waals surface area contributed by atoms with Crippen LogP contribution in [-0.4, -0.2) is 31.0 Å². The van der Waals surface area contributed by atoms with Crippen molar-refractivity contribution in [1.82, 2.24) is 5.32 Å². The number of hydrogen-bond acceptors (Lipinski definition) is 4. The molecule has 6 nitrogen and oxygen atoms in total. The van der Waals surface area contributed by atoms with Crippen LogP contribution in [0, 0.1) is 0 Å². The fourth-order valence-corrected chi connectivity index (χ4v) is 2.30. The summed E-state index contributed by atoms with van der Waals surface area (Å²) < 4.78 is 5.21. The number of anilines is 1. The van der Waals surface area contributed by atoms with Crippen LogP contribution in [-0.2, 0) is 9.59 Å². The Balaban J connectivity index is 1.93. The standard InChI is InChI=1S/C15H21N3O3/c16-14(19)10-21-12-6-4-5-11(9-12)18-15(20)13-7-2-1-3-8-17-13/h4-6,9,13,17H,1-3,7-8,10H2,(H2,16,19)(H,18,20). The molecule has 2 amide bonds. The molecule has 21 heavy (non-hydrogen) atoms. The lowest BCUT2D eigenvalue weighted by molar-refractivity contribution is -0.120. The first-order valence-electron chi connectivity index (χ1n) is 7.20. The Kier molecular flexibility index (Phi) is 5.57. The van der Waals surface area contributed by atoms with Crippen molar-refractivity contribution in [3.05, 3.63) is 24.3 Å². The predicted molar refractivity (Wildman–Crippen MR) is 80.0 cm³/mol. The molecule has 4 N–H and O–H groups in total. The van der Waals surface area contributed by atoms with Gasteiger partial charge in [0.1, 0.15) is 5.75 Å². The van der Waals surface area contributed by atoms with Crippen molar-refractivity contribution in [2.45, 2.75) is 31.7 Å². The summed E-state index contributed by atoms with van der Waals surface area (Å²) in [4.78, 5) is 22.9. The lowest BCUT2D eigenvalue weighted by Crippen LogP contribution is -2.39. The number of carbonyl (C=O) groups is 2. The molecule has 1 unspecified atom stereocenters. The average molecular weight is 291 g/mol. The van der Waals surface area contributed by atoms with Crippen LogP contribution in [0.1, 0.15) is 25.7 Å². The maximum absolute atomic E-state index is 12.2. The molecule has 1 aliphatic rings. The van der Waals surface area contributed by atoms with E-state index in [-0.39, 0.29) is 18.6 Å². The summed E-state index contributed by atoms with van der Waals surface area (Å²) in [6.45, 7) is 0.696. The number of primary amides is 1. The van der Waals surface area contributed by atoms with Gasteiger partial charge in [0.05, 0.1) is 6.04 Å². The maximum atomic E-state index is 12.2. The molecule has 1 atom stereocenters. The summed E-state index contributed by atoms with van der Waals surface area (Å²) in [5.74, 6) is -0.0727. The molecule has 1 saturated heterocycles. The number of ether oxygens (including phenoxy) is 1. The van der Waals surface area contributed by atoms with Crippen LogP contribution in [0.4, 0.5) is 5.69 Å². The van der Waals surface area contributed by atoms with Gasteiger partial charge in [0.15, 0.2) is 6.61 Å². The zero-order chi connectivity index (χ0) is 15.1. The number of carbonyl (C=O) groups excluding carboxylic acids is 2. The minimum Gasteiger partial charge on any atom is -0.484 e. The van der Waals surface area contributed by atoms with Gasteiger partial charge in [-0.15, -0.1) is 0 Å². The van der Waals surface area contributed by atoms with E-state index in [2.05, 4.69) is 10.6 Å². The van der Waals surface area contributed by atoms with Crippen molar-refractivity contribution in [3.63, 3.8) is 0 Å². The maximum Gasteiger partial charge on any atom is 0.255 e. The average Bonchev–Trinajstić information content (AvgIpc) is 2.74. The Labute approximate surface area is 124 Å². The molecule has 2 rings (SSSR count). The molecular weight excluding hydrogens is 270 g/mol. The van der Waals surface area contributed by atoms with Crippen molar-refractivity contribution in [1.29, 1.82) is 0 Å². The molecule has 0 radical (unpaired) electrons. The van der Waals surface area contributed by atoms with Crippen LogP contribution in [0.3, 0.4) is 0 Å². The van der Waals surface area contributed by atoms with Crippen molar-refractivity contribution in [2.75, 3.05) is 18.5 Å². The van der Waals surface area contributed by atoms with Crippen LogP contribution < -0.4 is 21.1 Å². The molecule has 0 saturated carbocycles. The molecule has 1 aromatic rings. The van der Waals surface area contributed by atoms with E-state index in [9.17, 15) is 9.59 Å². The van der Waals surface area contributed by atoms with Crippen molar-refractivity contribution >= 4 is 17.5 Å². The molecule has 1 aromatic carbocycles. The highest BCUT2D eigenvalue weighted by molar-refractivity contribution is 5.95. The van der Waals surface area contributed by atoms with Crippen molar-refractivity contribution in [3.8, 4) is 5.75 Å². The van der Waals surface area contributed by atoms with Gasteiger partial charge < -0.3 is 21.1 Å². The van der Waals surface area contributed by atoms with Gasteiger partial charge in [-0.3, -0.25) is 9.59 Å². The first-order chi connectivity index (χ1) is 10.1. The molecule has 0 aromatic heterocycles. The molecule has 6 heteroatoms. The third-order valence-electron chi connectivity index (χ3n) is 3.36. The number of amides is 2. The van der Waals surface area contributed by atoms with Crippen LogP contribution in [0.15, 0.2) is 24.3 Å². The smallest absolute Gasteiger partial charge is 0.255 e. The lowest BCUT2D eigenvalue weighted by Gasteiger charge is -2.16. The van der Waals surface area contributed by atoms with Gasteiger partial charge in [0, 0.05) is 11.8 Å². The molecule has 114 valence electrons. The quantitative estimate of drug-likeness (QED) is 0.755. The summed E-state index contributed by atoms with van der Waals surface area (Å²) in [5.41, 5.74) is 5.68. The molecule has 1 fully saturated rings. The van der Waals surface area contributed by atoms with Gasteiger partial charge in [-0.05, 0) is 31.5 Å². The van der Waals surface area contributed by atoms with Gasteiger partial charge >= 0.3 is 0 Å². The predicted octanol–water partition coefficient (Wildman–Crippen LogP) is 1.02. The van der Waals surface area contributed by atoms with E-state index in [1.54, 1.807) is 24.3 Å². The Hall–Kier alpha value is -2.08. The van der Waals surface area contributed by atoms with Gasteiger partial charge in [0.2, 0.25) is 5.91 Å². The van der Waals surface area contributed by atoms with Crippen molar-refractivity contribution < 1.29 is 14.3 Å². The monoisotopic (exact) mass is 291 g/mol. The fourth-order valence-electron chi connectivity index (χ4n) is 2.30. The highest BCUT2D eigenvalue weighted by atomic mass is 16.5. The second-order valence-electron chi connectivity index (χ2n) is 5.13. The zero-order valence-corrected chi connectivity index (χ0v) is 11.9. The number of rotatable bonds is 5. The molecule has 0 aliphatic carbocycles. The second kappa shape index (κ2) is 7.64. The highest BCUT2D eigenvalue weighted by Gasteiger charge is 2.19. The van der Waals surface area contributed by atoms with E-state index in [1.807, 2.05) is 0 Å². The normalized spacial score (nSPS) is 18.6. The van der Waals surface area contributed by atoms with E-state index in [0.717, 1.165) is 32.2 Å². The van der Waals surface area contributed by atoms with Gasteiger partial charge in [-0.2, -0.15) is 0 Å². The number of hydrogen-bond donors (Lipinski definition) is 3. The van der Waals surface area contributed by atoms with E-state index in [4.69, 9.17) is 10.5 Å². The van der Waals surface area contributed by atoms with E-state index in [1.165, 1.54) is 0 Å². The van der Waals surface area contributed by atoms with Crippen LogP contribution in [0.5, 0.6) is 5.75 Å². The van der Waals surface area contributed by atoms with Crippen LogP contribution in [0.25, 0.3) is 0 Å². The van der Waals surface area contributed by atoms with E-state index >= 15 is 0 Å². The Morgan fingerprint density at radius 1 is 1.33 bits per heavy atom. The number of nitrogens with two attached hydrogens (primary N) is 1.